The Hall–Kier alpha value is -2.13. The fourth-order valence-electron chi connectivity index (χ4n) is 12.6. The summed E-state index contributed by atoms with van der Waals surface area (Å²) in [5.41, 5.74) is 0. The lowest BCUT2D eigenvalue weighted by Crippen LogP contribution is -2.57. The van der Waals surface area contributed by atoms with Gasteiger partial charge in [0.05, 0.1) is 72.2 Å². The summed E-state index contributed by atoms with van der Waals surface area (Å²) in [5, 5.41) is 29.6. The van der Waals surface area contributed by atoms with Gasteiger partial charge in [-0.3, -0.25) is 24.2 Å². The van der Waals surface area contributed by atoms with Crippen molar-refractivity contribution < 1.29 is 70.9 Å². The maximum Gasteiger partial charge on any atom is 0.361 e. The molecule has 0 aromatic carbocycles. The van der Waals surface area contributed by atoms with Crippen molar-refractivity contribution in [2.75, 3.05) is 172 Å². The number of carbonyl (C=O) groups is 4. The van der Waals surface area contributed by atoms with E-state index in [-0.39, 0.29) is 68.3 Å². The molecule has 0 aliphatic rings. The Kier molecular flexibility index (Phi) is 57.6. The first-order chi connectivity index (χ1) is 44.2. The van der Waals surface area contributed by atoms with E-state index in [2.05, 4.69) is 74.3 Å². The van der Waals surface area contributed by atoms with Crippen LogP contribution < -0.4 is 10.6 Å². The number of carbonyl (C=O) groups excluding carboxylic acids is 4. The van der Waals surface area contributed by atoms with E-state index in [9.17, 15) is 29.4 Å². The average Bonchev–Trinajstić information content (AvgIpc) is 2.60. The monoisotopic (exact) mass is 1350 g/mol. The van der Waals surface area contributed by atoms with E-state index in [1.54, 1.807) is 6.92 Å². The molecule has 92 heavy (non-hydrogen) atoms. The standard InChI is InChI=1S/C71H148N6O13Si2/c1-13-19-21-23-25-27-29-31-33-35-53-86-69(81)59-74(16-4)45-39-49-76(18-6,47-37-43-72-7)61-66(78)64-84-51-41-57-91(9,10)90-92(11,12)58-42-52-85-65-67(79)62-77(48-38-44-73-8,63-71(83)89-56-55-88-68(80)15-3)50-40-46-75(17-5)60-70(82)87-54-36-34-32-30-28-26-24-22-20-14-2/h66-67,72-73,78-79H,13-65H2,1-12H3/q+2. The van der Waals surface area contributed by atoms with Gasteiger partial charge in [-0.15, -0.1) is 0 Å². The van der Waals surface area contributed by atoms with E-state index in [4.69, 9.17) is 32.5 Å². The van der Waals surface area contributed by atoms with Crippen molar-refractivity contribution in [3.63, 3.8) is 0 Å². The lowest BCUT2D eigenvalue weighted by atomic mass is 10.1. The second-order valence-electron chi connectivity index (χ2n) is 27.7. The fourth-order valence-corrected chi connectivity index (χ4v) is 21.4. The van der Waals surface area contributed by atoms with Crippen molar-refractivity contribution in [1.29, 1.82) is 0 Å². The lowest BCUT2D eigenvalue weighted by Gasteiger charge is -2.40. The topological polar surface area (TPSA) is 204 Å². The number of quaternary nitrogens is 2. The Balaban J connectivity index is 5.27. The number of hydrogen-bond acceptors (Lipinski definition) is 17. The first kappa shape index (κ1) is 89.9. The zero-order valence-corrected chi connectivity index (χ0v) is 63.8. The molecular formula is C71H148N6O13Si2+2. The zero-order valence-electron chi connectivity index (χ0n) is 61.8. The van der Waals surface area contributed by atoms with Gasteiger partial charge in [0.2, 0.25) is 0 Å². The Labute approximate surface area is 566 Å². The van der Waals surface area contributed by atoms with E-state index >= 15 is 0 Å². The molecule has 0 fully saturated rings. The molecule has 0 rings (SSSR count). The number of ether oxygens (including phenoxy) is 6. The third kappa shape index (κ3) is 52.1. The zero-order chi connectivity index (χ0) is 68.5. The summed E-state index contributed by atoms with van der Waals surface area (Å²) in [7, 11) is -0.212. The number of esters is 4. The molecule has 4 atom stereocenters. The second kappa shape index (κ2) is 59.0. The smallest absolute Gasteiger partial charge is 0.361 e. The molecule has 0 saturated heterocycles. The van der Waals surface area contributed by atoms with Gasteiger partial charge in [-0.05, 0) is 98.1 Å². The van der Waals surface area contributed by atoms with E-state index < -0.39 is 34.8 Å². The number of aliphatic hydroxyl groups excluding tert-OH is 2. The van der Waals surface area contributed by atoms with Crippen molar-refractivity contribution >= 4 is 40.5 Å². The highest BCUT2D eigenvalue weighted by atomic mass is 28.4. The van der Waals surface area contributed by atoms with Gasteiger partial charge in [-0.1, -0.05) is 150 Å². The van der Waals surface area contributed by atoms with Gasteiger partial charge >= 0.3 is 23.9 Å². The molecule has 0 bridgehead atoms. The van der Waals surface area contributed by atoms with Crippen LogP contribution in [0.15, 0.2) is 0 Å². The second-order valence-corrected chi connectivity index (χ2v) is 36.5. The van der Waals surface area contributed by atoms with Crippen molar-refractivity contribution in [3.05, 3.63) is 0 Å². The molecule has 0 aliphatic heterocycles. The Morgan fingerprint density at radius 1 is 0.424 bits per heavy atom. The van der Waals surface area contributed by atoms with Crippen LogP contribution in [0, 0.1) is 0 Å². The predicted molar refractivity (Wildman–Crippen MR) is 382 cm³/mol. The van der Waals surface area contributed by atoms with Crippen LogP contribution in [0.4, 0.5) is 0 Å². The molecule has 546 valence electrons. The van der Waals surface area contributed by atoms with Crippen LogP contribution in [0.2, 0.25) is 38.3 Å². The van der Waals surface area contributed by atoms with E-state index in [0.29, 0.717) is 78.7 Å². The number of nitrogens with zero attached hydrogens (tertiary/aromatic N) is 4. The van der Waals surface area contributed by atoms with Gasteiger partial charge in [0.25, 0.3) is 0 Å². The highest BCUT2D eigenvalue weighted by molar-refractivity contribution is 6.84. The van der Waals surface area contributed by atoms with E-state index in [0.717, 1.165) is 120 Å². The third-order valence-electron chi connectivity index (χ3n) is 18.0. The normalized spacial score (nSPS) is 14.1. The molecule has 0 spiro atoms. The number of hydrogen-bond donors (Lipinski definition) is 4. The molecule has 0 heterocycles. The van der Waals surface area contributed by atoms with Crippen molar-refractivity contribution in [2.45, 2.75) is 265 Å². The molecule has 4 unspecified atom stereocenters. The Bertz CT molecular complexity index is 1770. The van der Waals surface area contributed by atoms with Gasteiger partial charge in [-0.2, -0.15) is 0 Å². The van der Waals surface area contributed by atoms with E-state index in [1.165, 1.54) is 103 Å². The number of nitrogens with one attached hydrogen (secondary N) is 2. The van der Waals surface area contributed by atoms with Crippen LogP contribution in [0.5, 0.6) is 0 Å². The number of unbranched alkanes of at least 4 members (excludes halogenated alkanes) is 18. The number of rotatable bonds is 69. The van der Waals surface area contributed by atoms with Crippen molar-refractivity contribution in [2.24, 2.45) is 0 Å². The molecule has 0 amide bonds. The maximum atomic E-state index is 13.5. The van der Waals surface area contributed by atoms with Crippen LogP contribution in [0.1, 0.15) is 215 Å². The molecule has 0 aliphatic carbocycles. The van der Waals surface area contributed by atoms with Crippen LogP contribution in [-0.4, -0.2) is 253 Å². The summed E-state index contributed by atoms with van der Waals surface area (Å²) in [6.07, 6.45) is 28.7. The molecule has 0 radical (unpaired) electrons. The van der Waals surface area contributed by atoms with Gasteiger partial charge < -0.3 is 62.3 Å². The number of aliphatic hydroxyl groups is 2. The minimum Gasteiger partial charge on any atom is -0.465 e. The van der Waals surface area contributed by atoms with Crippen LogP contribution in [0.25, 0.3) is 0 Å². The lowest BCUT2D eigenvalue weighted by molar-refractivity contribution is -0.929. The minimum absolute atomic E-state index is 0.0116. The van der Waals surface area contributed by atoms with Crippen LogP contribution in [-0.2, 0) is 51.7 Å². The molecule has 0 saturated carbocycles. The average molecular weight is 1350 g/mol. The summed E-state index contributed by atoms with van der Waals surface area (Å²) in [5.74, 6) is -1.12. The van der Waals surface area contributed by atoms with Gasteiger partial charge in [-0.25, -0.2) is 4.79 Å². The third-order valence-corrected chi connectivity index (χ3v) is 25.5. The maximum absolute atomic E-state index is 13.5. The van der Waals surface area contributed by atoms with Gasteiger partial charge in [0.15, 0.2) is 23.2 Å². The van der Waals surface area contributed by atoms with Crippen molar-refractivity contribution in [3.8, 4) is 0 Å². The fraction of sp³-hybridized carbons (Fsp3) is 0.944. The molecular weight excluding hydrogens is 1200 g/mol. The summed E-state index contributed by atoms with van der Waals surface area (Å²) in [6, 6.07) is 1.87. The Morgan fingerprint density at radius 3 is 1.17 bits per heavy atom. The Morgan fingerprint density at radius 2 is 0.783 bits per heavy atom. The van der Waals surface area contributed by atoms with E-state index in [1.807, 2.05) is 21.0 Å². The summed E-state index contributed by atoms with van der Waals surface area (Å²) in [6.45, 7) is 34.1. The molecule has 0 aromatic heterocycles. The van der Waals surface area contributed by atoms with Gasteiger partial charge in [0.1, 0.15) is 38.5 Å². The first-order valence-electron chi connectivity index (χ1n) is 37.5. The first-order valence-corrected chi connectivity index (χ1v) is 43.7. The summed E-state index contributed by atoms with van der Waals surface area (Å²) in [4.78, 5) is 55.3. The highest BCUT2D eigenvalue weighted by Gasteiger charge is 2.36. The van der Waals surface area contributed by atoms with Gasteiger partial charge in [0, 0.05) is 71.5 Å². The number of likely N-dealkylation sites (N-methyl/N-ethyl adjacent to an activating group) is 3. The molecule has 0 aromatic rings. The summed E-state index contributed by atoms with van der Waals surface area (Å²) < 4.78 is 42.5. The minimum atomic E-state index is -2.06. The van der Waals surface area contributed by atoms with Crippen molar-refractivity contribution in [1.82, 2.24) is 20.4 Å². The predicted octanol–water partition coefficient (Wildman–Crippen LogP) is 11.7. The quantitative estimate of drug-likeness (QED) is 0.0147. The van der Waals surface area contributed by atoms with Crippen LogP contribution >= 0.6 is 0 Å². The van der Waals surface area contributed by atoms with Crippen LogP contribution in [0.3, 0.4) is 0 Å². The molecule has 19 nitrogen and oxygen atoms in total. The molecule has 21 heteroatoms. The summed E-state index contributed by atoms with van der Waals surface area (Å²) >= 11 is 0. The molecule has 4 N–H and O–H groups in total. The SMILES string of the molecule is CCCCCCCCCCCCOC(=O)CN(CC)CCC[N+](CC)(CCCNC)CC(O)COCCC[Si](C)(C)O[Si](C)(C)CCCOCC(O)C[N+](CCCNC)(CCCN(CC)CC(=O)OCCCCCCCCCCCC)CC(=O)OCCOC(=O)CC. The highest BCUT2D eigenvalue weighted by Crippen LogP contribution is 2.25. The largest absolute Gasteiger partial charge is 0.465 e.